The topological polar surface area (TPSA) is 46.3 Å². The van der Waals surface area contributed by atoms with E-state index in [4.69, 9.17) is 16.0 Å². The lowest BCUT2D eigenvalue weighted by Crippen LogP contribution is -2.32. The van der Waals surface area contributed by atoms with Gasteiger partial charge in [0.05, 0.1) is 11.7 Å². The zero-order valence-electron chi connectivity index (χ0n) is 14.7. The molecule has 2 aromatic heterocycles. The number of rotatable bonds is 4. The second-order valence-corrected chi connectivity index (χ2v) is 6.71. The fraction of sp³-hybridized carbons (Fsp3) is 0.0909. The normalized spacial score (nSPS) is 12.1. The zero-order chi connectivity index (χ0) is 18.8. The molecule has 4 aromatic rings. The van der Waals surface area contributed by atoms with Gasteiger partial charge in [0.15, 0.2) is 5.76 Å². The summed E-state index contributed by atoms with van der Waals surface area (Å²) < 4.78 is 5.76. The van der Waals surface area contributed by atoms with Crippen LogP contribution in [0.2, 0.25) is 5.02 Å². The largest absolute Gasteiger partial charge is 0.451 e. The average molecular weight is 377 g/mol. The molecule has 4 rings (SSSR count). The van der Waals surface area contributed by atoms with Crippen molar-refractivity contribution in [1.82, 2.24) is 9.88 Å². The van der Waals surface area contributed by atoms with Crippen molar-refractivity contribution in [3.05, 3.63) is 101 Å². The first-order chi connectivity index (χ1) is 13.1. The van der Waals surface area contributed by atoms with Gasteiger partial charge in [-0.3, -0.25) is 9.78 Å². The van der Waals surface area contributed by atoms with E-state index in [-0.39, 0.29) is 17.7 Å². The van der Waals surface area contributed by atoms with Crippen LogP contribution in [-0.2, 0) is 0 Å². The maximum absolute atomic E-state index is 13.2. The van der Waals surface area contributed by atoms with Gasteiger partial charge >= 0.3 is 0 Å². The number of hydrogen-bond donors (Lipinski definition) is 0. The molecule has 0 aliphatic rings. The van der Waals surface area contributed by atoms with E-state index in [0.29, 0.717) is 10.6 Å². The predicted molar refractivity (Wildman–Crippen MR) is 106 cm³/mol. The van der Waals surface area contributed by atoms with E-state index in [9.17, 15) is 4.79 Å². The van der Waals surface area contributed by atoms with Gasteiger partial charge in [0.1, 0.15) is 5.58 Å². The van der Waals surface area contributed by atoms with Gasteiger partial charge in [0.2, 0.25) is 0 Å². The van der Waals surface area contributed by atoms with Crippen molar-refractivity contribution < 1.29 is 9.21 Å². The number of pyridine rings is 1. The van der Waals surface area contributed by atoms with E-state index in [1.54, 1.807) is 42.4 Å². The molecule has 0 saturated carbocycles. The van der Waals surface area contributed by atoms with Gasteiger partial charge in [0, 0.05) is 23.7 Å². The maximum atomic E-state index is 13.2. The molecule has 1 amide bonds. The summed E-state index contributed by atoms with van der Waals surface area (Å²) in [5.41, 5.74) is 2.40. The van der Waals surface area contributed by atoms with Crippen molar-refractivity contribution in [2.45, 2.75) is 6.04 Å². The number of halogens is 1. The number of fused-ring (bicyclic) bond motifs is 1. The van der Waals surface area contributed by atoms with Crippen LogP contribution in [0.5, 0.6) is 0 Å². The van der Waals surface area contributed by atoms with Gasteiger partial charge in [0.25, 0.3) is 5.91 Å². The summed E-state index contributed by atoms with van der Waals surface area (Å²) in [7, 11) is 1.76. The highest BCUT2D eigenvalue weighted by atomic mass is 35.5. The molecule has 0 N–H and O–H groups in total. The van der Waals surface area contributed by atoms with Crippen molar-refractivity contribution in [3.63, 3.8) is 0 Å². The van der Waals surface area contributed by atoms with E-state index in [1.165, 1.54) is 0 Å². The minimum Gasteiger partial charge on any atom is -0.451 e. The number of aromatic nitrogens is 1. The first kappa shape index (κ1) is 17.3. The zero-order valence-corrected chi connectivity index (χ0v) is 15.4. The Balaban J connectivity index is 1.74. The summed E-state index contributed by atoms with van der Waals surface area (Å²) in [5, 5.41) is 1.40. The third kappa shape index (κ3) is 3.44. The summed E-state index contributed by atoms with van der Waals surface area (Å²) in [6.07, 6.45) is 1.73. The highest BCUT2D eigenvalue weighted by molar-refractivity contribution is 6.31. The van der Waals surface area contributed by atoms with Crippen LogP contribution in [0.3, 0.4) is 0 Å². The SMILES string of the molecule is CN(C(=O)c1cc2cc(Cl)ccc2o1)C(c1ccccc1)c1ccccn1. The summed E-state index contributed by atoms with van der Waals surface area (Å²) >= 11 is 6.04. The Hall–Kier alpha value is -3.11. The average Bonchev–Trinajstić information content (AvgIpc) is 3.12. The Morgan fingerprint density at radius 3 is 2.56 bits per heavy atom. The highest BCUT2D eigenvalue weighted by Gasteiger charge is 2.27. The van der Waals surface area contributed by atoms with Gasteiger partial charge in [-0.05, 0) is 42.0 Å². The van der Waals surface area contributed by atoms with Crippen LogP contribution in [0, 0.1) is 0 Å². The molecule has 0 saturated heterocycles. The van der Waals surface area contributed by atoms with Crippen LogP contribution in [0.15, 0.2) is 83.4 Å². The first-order valence-corrected chi connectivity index (χ1v) is 8.93. The molecule has 4 nitrogen and oxygen atoms in total. The van der Waals surface area contributed by atoms with Crippen molar-refractivity contribution in [2.24, 2.45) is 0 Å². The Morgan fingerprint density at radius 1 is 1.04 bits per heavy atom. The minimum atomic E-state index is -0.322. The fourth-order valence-electron chi connectivity index (χ4n) is 3.18. The Kier molecular flexibility index (Phi) is 4.65. The maximum Gasteiger partial charge on any atom is 0.290 e. The van der Waals surface area contributed by atoms with E-state index >= 15 is 0 Å². The van der Waals surface area contributed by atoms with Crippen molar-refractivity contribution in [1.29, 1.82) is 0 Å². The summed E-state index contributed by atoms with van der Waals surface area (Å²) in [4.78, 5) is 19.3. The van der Waals surface area contributed by atoms with Crippen LogP contribution in [0.4, 0.5) is 0 Å². The van der Waals surface area contributed by atoms with Crippen LogP contribution in [-0.4, -0.2) is 22.8 Å². The standard InChI is InChI=1S/C22H17ClN2O2/c1-25(22(26)20-14-16-13-17(23)10-11-19(16)27-20)21(15-7-3-2-4-8-15)18-9-5-6-12-24-18/h2-14,21H,1H3. The number of amides is 1. The third-order valence-electron chi connectivity index (χ3n) is 4.48. The summed E-state index contributed by atoms with van der Waals surface area (Å²) in [6, 6.07) is 22.2. The van der Waals surface area contributed by atoms with E-state index < -0.39 is 0 Å². The third-order valence-corrected chi connectivity index (χ3v) is 4.72. The van der Waals surface area contributed by atoms with Crippen molar-refractivity contribution in [3.8, 4) is 0 Å². The van der Waals surface area contributed by atoms with Crippen LogP contribution < -0.4 is 0 Å². The van der Waals surface area contributed by atoms with Crippen LogP contribution in [0.1, 0.15) is 27.9 Å². The Labute approximate surface area is 162 Å². The lowest BCUT2D eigenvalue weighted by molar-refractivity contribution is 0.0723. The van der Waals surface area contributed by atoms with Crippen molar-refractivity contribution >= 4 is 28.5 Å². The molecule has 1 unspecified atom stereocenters. The minimum absolute atomic E-state index is 0.221. The summed E-state index contributed by atoms with van der Waals surface area (Å²) in [6.45, 7) is 0. The smallest absolute Gasteiger partial charge is 0.290 e. The molecule has 0 aliphatic carbocycles. The van der Waals surface area contributed by atoms with Crippen LogP contribution >= 0.6 is 11.6 Å². The van der Waals surface area contributed by atoms with Gasteiger partial charge in [-0.25, -0.2) is 0 Å². The van der Waals surface area contributed by atoms with Gasteiger partial charge < -0.3 is 9.32 Å². The van der Waals surface area contributed by atoms with Gasteiger partial charge in [-0.2, -0.15) is 0 Å². The second-order valence-electron chi connectivity index (χ2n) is 6.28. The molecular formula is C22H17ClN2O2. The molecule has 0 bridgehead atoms. The second kappa shape index (κ2) is 7.25. The first-order valence-electron chi connectivity index (χ1n) is 8.55. The van der Waals surface area contributed by atoms with E-state index in [1.807, 2.05) is 48.5 Å². The predicted octanol–water partition coefficient (Wildman–Crippen LogP) is 5.34. The number of carbonyl (C=O) groups is 1. The van der Waals surface area contributed by atoms with Crippen molar-refractivity contribution in [2.75, 3.05) is 7.05 Å². The van der Waals surface area contributed by atoms with Gasteiger partial charge in [-0.15, -0.1) is 0 Å². The molecule has 2 heterocycles. The quantitative estimate of drug-likeness (QED) is 0.482. The molecule has 0 radical (unpaired) electrons. The number of benzene rings is 2. The monoisotopic (exact) mass is 376 g/mol. The number of nitrogens with zero attached hydrogens (tertiary/aromatic N) is 2. The molecule has 27 heavy (non-hydrogen) atoms. The lowest BCUT2D eigenvalue weighted by Gasteiger charge is -2.27. The molecule has 0 spiro atoms. The number of hydrogen-bond acceptors (Lipinski definition) is 3. The van der Waals surface area contributed by atoms with Gasteiger partial charge in [-0.1, -0.05) is 48.0 Å². The van der Waals surface area contributed by atoms with E-state index in [2.05, 4.69) is 4.98 Å². The highest BCUT2D eigenvalue weighted by Crippen LogP contribution is 2.29. The molecule has 0 aliphatic heterocycles. The molecular weight excluding hydrogens is 360 g/mol. The molecule has 1 atom stereocenters. The Bertz CT molecular complexity index is 1040. The fourth-order valence-corrected chi connectivity index (χ4v) is 3.36. The van der Waals surface area contributed by atoms with E-state index in [0.717, 1.165) is 16.6 Å². The molecule has 0 fully saturated rings. The molecule has 2 aromatic carbocycles. The van der Waals surface area contributed by atoms with Crippen LogP contribution in [0.25, 0.3) is 11.0 Å². The number of furan rings is 1. The molecule has 5 heteroatoms. The Morgan fingerprint density at radius 2 is 1.81 bits per heavy atom. The molecule has 134 valence electrons. The summed E-state index contributed by atoms with van der Waals surface area (Å²) in [5.74, 6) is 0.0495. The number of carbonyl (C=O) groups excluding carboxylic acids is 1. The lowest BCUT2D eigenvalue weighted by atomic mass is 10.0.